The minimum atomic E-state index is -2.94. The molecule has 108 valence electrons. The summed E-state index contributed by atoms with van der Waals surface area (Å²) < 4.78 is 39.3. The van der Waals surface area contributed by atoms with Crippen LogP contribution >= 0.6 is 0 Å². The molecule has 0 aromatic carbocycles. The zero-order chi connectivity index (χ0) is 13.6. The van der Waals surface area contributed by atoms with E-state index in [1.165, 1.54) is 0 Å². The first-order valence-corrected chi connectivity index (χ1v) is 8.19. The van der Waals surface area contributed by atoms with E-state index in [2.05, 4.69) is 5.32 Å². The van der Waals surface area contributed by atoms with Crippen molar-refractivity contribution in [1.29, 1.82) is 0 Å². The minimum absolute atomic E-state index is 0.0992. The van der Waals surface area contributed by atoms with E-state index in [0.717, 1.165) is 0 Å². The number of sulfone groups is 1. The molecule has 1 atom stereocenters. The van der Waals surface area contributed by atoms with Crippen molar-refractivity contribution in [2.45, 2.75) is 39.3 Å². The maximum absolute atomic E-state index is 11.4. The van der Waals surface area contributed by atoms with Crippen LogP contribution in [0.2, 0.25) is 0 Å². The predicted molar refractivity (Wildman–Crippen MR) is 67.8 cm³/mol. The third-order valence-corrected chi connectivity index (χ3v) is 4.38. The Hall–Kier alpha value is -0.210. The summed E-state index contributed by atoms with van der Waals surface area (Å²) in [7, 11) is -2.94. The minimum Gasteiger partial charge on any atom is -0.314 e. The predicted octanol–water partition coefficient (Wildman–Crippen LogP) is 0.484. The molecule has 1 rings (SSSR count). The van der Waals surface area contributed by atoms with Crippen molar-refractivity contribution in [2.75, 3.05) is 31.3 Å². The molecule has 0 radical (unpaired) electrons. The lowest BCUT2D eigenvalue weighted by Gasteiger charge is -2.34. The van der Waals surface area contributed by atoms with Crippen molar-refractivity contribution in [3.63, 3.8) is 0 Å². The Labute approximate surface area is 109 Å². The lowest BCUT2D eigenvalue weighted by molar-refractivity contribution is -0.396. The van der Waals surface area contributed by atoms with E-state index in [1.54, 1.807) is 0 Å². The van der Waals surface area contributed by atoms with Crippen molar-refractivity contribution >= 4 is 9.84 Å². The monoisotopic (exact) mass is 281 g/mol. The van der Waals surface area contributed by atoms with Gasteiger partial charge in [-0.1, -0.05) is 0 Å². The van der Waals surface area contributed by atoms with Gasteiger partial charge in [0.25, 0.3) is 0 Å². The smallest absolute Gasteiger partial charge is 0.314 e. The lowest BCUT2D eigenvalue weighted by Crippen LogP contribution is -2.56. The summed E-state index contributed by atoms with van der Waals surface area (Å²) in [6.07, 6.45) is -0.778. The molecule has 1 fully saturated rings. The summed E-state index contributed by atoms with van der Waals surface area (Å²) in [5, 5.41) is 3.04. The highest BCUT2D eigenvalue weighted by molar-refractivity contribution is 7.91. The van der Waals surface area contributed by atoms with Gasteiger partial charge < -0.3 is 14.2 Å². The van der Waals surface area contributed by atoms with Crippen LogP contribution in [0.1, 0.15) is 27.2 Å². The maximum Gasteiger partial charge on any atom is 0.351 e. The van der Waals surface area contributed by atoms with Crippen molar-refractivity contribution in [2.24, 2.45) is 0 Å². The van der Waals surface area contributed by atoms with E-state index >= 15 is 0 Å². The first-order valence-electron chi connectivity index (χ1n) is 6.37. The summed E-state index contributed by atoms with van der Waals surface area (Å²) >= 11 is 0. The molecule has 0 spiro atoms. The van der Waals surface area contributed by atoms with Crippen molar-refractivity contribution < 1.29 is 22.6 Å². The van der Waals surface area contributed by atoms with Gasteiger partial charge in [0.15, 0.2) is 9.84 Å². The fraction of sp³-hybridized carbons (Fsp3) is 1.00. The highest BCUT2D eigenvalue weighted by atomic mass is 32.2. The number of hydrogen-bond acceptors (Lipinski definition) is 6. The second kappa shape index (κ2) is 6.81. The molecule has 0 bridgehead atoms. The average Bonchev–Trinajstić information content (AvgIpc) is 2.59. The van der Waals surface area contributed by atoms with E-state index in [-0.39, 0.29) is 17.5 Å². The van der Waals surface area contributed by atoms with Gasteiger partial charge in [-0.25, -0.2) is 13.7 Å². The van der Waals surface area contributed by atoms with Gasteiger partial charge in [0.2, 0.25) is 0 Å². The number of hydrogen-bond donors (Lipinski definition) is 1. The highest BCUT2D eigenvalue weighted by Gasteiger charge is 2.39. The van der Waals surface area contributed by atoms with Crippen LogP contribution in [0.3, 0.4) is 0 Å². The fourth-order valence-electron chi connectivity index (χ4n) is 1.98. The van der Waals surface area contributed by atoms with Crippen LogP contribution in [-0.2, 0) is 24.0 Å². The van der Waals surface area contributed by atoms with Crippen LogP contribution in [0.25, 0.3) is 0 Å². The first kappa shape index (κ1) is 15.8. The summed E-state index contributed by atoms with van der Waals surface area (Å²) in [5.74, 6) is 0.299. The van der Waals surface area contributed by atoms with Crippen molar-refractivity contribution in [3.8, 4) is 0 Å². The van der Waals surface area contributed by atoms with E-state index in [9.17, 15) is 8.42 Å². The molecule has 1 heterocycles. The summed E-state index contributed by atoms with van der Waals surface area (Å²) in [6.45, 7) is 6.73. The molecule has 0 aromatic heterocycles. The van der Waals surface area contributed by atoms with Crippen molar-refractivity contribution in [1.82, 2.24) is 5.32 Å². The molecule has 0 aromatic rings. The molecule has 18 heavy (non-hydrogen) atoms. The summed E-state index contributed by atoms with van der Waals surface area (Å²) in [4.78, 5) is 0. The molecule has 1 aliphatic heterocycles. The molecule has 0 saturated carbocycles. The SMILES string of the molecule is CCOC(NC1CCS(=O)(=O)C1)(OCC)OCC. The Morgan fingerprint density at radius 3 is 1.94 bits per heavy atom. The molecule has 1 unspecified atom stereocenters. The molecule has 1 aliphatic rings. The molecule has 1 N–H and O–H groups in total. The Morgan fingerprint density at radius 1 is 1.11 bits per heavy atom. The van der Waals surface area contributed by atoms with Crippen LogP contribution in [0, 0.1) is 0 Å². The fourth-order valence-corrected chi connectivity index (χ4v) is 3.65. The molecule has 6 nitrogen and oxygen atoms in total. The van der Waals surface area contributed by atoms with E-state index in [0.29, 0.717) is 26.2 Å². The third-order valence-electron chi connectivity index (χ3n) is 2.62. The lowest BCUT2D eigenvalue weighted by atomic mass is 10.3. The van der Waals surface area contributed by atoms with Gasteiger partial charge in [-0.15, -0.1) is 0 Å². The van der Waals surface area contributed by atoms with Crippen LogP contribution in [0.4, 0.5) is 0 Å². The first-order chi connectivity index (χ1) is 8.47. The largest absolute Gasteiger partial charge is 0.351 e. The van der Waals surface area contributed by atoms with Gasteiger partial charge in [0.1, 0.15) is 0 Å². The topological polar surface area (TPSA) is 73.9 Å². The Bertz CT molecular complexity index is 326. The second-order valence-corrected chi connectivity index (χ2v) is 6.33. The zero-order valence-corrected chi connectivity index (χ0v) is 12.1. The van der Waals surface area contributed by atoms with Gasteiger partial charge in [-0.05, 0) is 27.2 Å². The van der Waals surface area contributed by atoms with Gasteiger partial charge in [-0.3, -0.25) is 0 Å². The van der Waals surface area contributed by atoms with E-state index < -0.39 is 15.9 Å². The third kappa shape index (κ3) is 4.47. The van der Waals surface area contributed by atoms with Crippen LogP contribution in [-0.4, -0.2) is 51.9 Å². The Kier molecular flexibility index (Phi) is 6.00. The molecule has 1 saturated heterocycles. The molecule has 0 aliphatic carbocycles. The van der Waals surface area contributed by atoms with Gasteiger partial charge in [0.05, 0.1) is 31.3 Å². The van der Waals surface area contributed by atoms with E-state index in [4.69, 9.17) is 14.2 Å². The second-order valence-electron chi connectivity index (χ2n) is 4.10. The highest BCUT2D eigenvalue weighted by Crippen LogP contribution is 2.19. The standard InChI is InChI=1S/C11H23NO5S/c1-4-15-11(16-5-2,17-6-3)12-10-7-8-18(13,14)9-10/h10,12H,4-9H2,1-3H3. The quantitative estimate of drug-likeness (QED) is 0.653. The number of ether oxygens (including phenoxy) is 3. The summed E-state index contributed by atoms with van der Waals surface area (Å²) in [6, 6.07) is -0.195. The van der Waals surface area contributed by atoms with Gasteiger partial charge >= 0.3 is 6.10 Å². The Balaban J connectivity index is 2.70. The Morgan fingerprint density at radius 2 is 1.61 bits per heavy atom. The molecule has 7 heteroatoms. The maximum atomic E-state index is 11.4. The molecular weight excluding hydrogens is 258 g/mol. The van der Waals surface area contributed by atoms with Crippen LogP contribution in [0.5, 0.6) is 0 Å². The van der Waals surface area contributed by atoms with E-state index in [1.807, 2.05) is 20.8 Å². The number of rotatable bonds is 8. The molecule has 0 amide bonds. The normalized spacial score (nSPS) is 23.4. The van der Waals surface area contributed by atoms with Gasteiger partial charge in [-0.2, -0.15) is 0 Å². The van der Waals surface area contributed by atoms with Gasteiger partial charge in [0, 0.05) is 6.04 Å². The van der Waals surface area contributed by atoms with Crippen LogP contribution in [0.15, 0.2) is 0 Å². The molecular formula is C11H23NO5S. The van der Waals surface area contributed by atoms with Crippen LogP contribution < -0.4 is 5.32 Å². The van der Waals surface area contributed by atoms with Crippen molar-refractivity contribution in [3.05, 3.63) is 0 Å². The zero-order valence-electron chi connectivity index (χ0n) is 11.3. The average molecular weight is 281 g/mol. The number of nitrogens with one attached hydrogen (secondary N) is 1. The summed E-state index contributed by atoms with van der Waals surface area (Å²) in [5.41, 5.74) is 0.